The van der Waals surface area contributed by atoms with E-state index in [9.17, 15) is 29.4 Å². The molecule has 4 aromatic rings. The van der Waals surface area contributed by atoms with Gasteiger partial charge in [-0.2, -0.15) is 0 Å². The first kappa shape index (κ1) is 44.9. The molecule has 0 saturated carbocycles. The fraction of sp³-hybridized carbons (Fsp3) is 0.395. The Bertz CT molecular complexity index is 1840. The van der Waals surface area contributed by atoms with Crippen LogP contribution in [0.2, 0.25) is 5.02 Å². The van der Waals surface area contributed by atoms with Crippen molar-refractivity contribution in [2.45, 2.75) is 76.3 Å². The van der Waals surface area contributed by atoms with Crippen LogP contribution in [0.4, 0.5) is 5.69 Å². The van der Waals surface area contributed by atoms with Crippen molar-refractivity contribution in [3.05, 3.63) is 83.1 Å². The number of hydrogen-bond donors (Lipinski definition) is 2. The van der Waals surface area contributed by atoms with E-state index in [0.717, 1.165) is 58.3 Å². The van der Waals surface area contributed by atoms with E-state index in [4.69, 9.17) is 11.6 Å². The summed E-state index contributed by atoms with van der Waals surface area (Å²) in [6.07, 6.45) is 9.39. The Balaban J connectivity index is 0.00000364. The summed E-state index contributed by atoms with van der Waals surface area (Å²) < 4.78 is 2.18. The van der Waals surface area contributed by atoms with Crippen molar-refractivity contribution in [1.82, 2.24) is 20.2 Å². The van der Waals surface area contributed by atoms with Crippen molar-refractivity contribution in [1.29, 1.82) is 0 Å². The van der Waals surface area contributed by atoms with Crippen molar-refractivity contribution in [3.63, 3.8) is 0 Å². The largest absolute Gasteiger partial charge is 1.00 e. The number of halogens is 1. The summed E-state index contributed by atoms with van der Waals surface area (Å²) in [5.74, 6) is -3.32. The van der Waals surface area contributed by atoms with Gasteiger partial charge in [-0.05, 0) is 98.9 Å². The fourth-order valence-electron chi connectivity index (χ4n) is 6.85. The summed E-state index contributed by atoms with van der Waals surface area (Å²) in [6, 6.07) is 14.9. The van der Waals surface area contributed by atoms with Crippen molar-refractivity contribution < 1.29 is 132 Å². The second-order valence-corrected chi connectivity index (χ2v) is 13.2. The number of rotatable bonds is 17. The molecule has 3 heterocycles. The average Bonchev–Trinajstić information content (AvgIpc) is 3.30. The summed E-state index contributed by atoms with van der Waals surface area (Å²) in [7, 11) is 2.05. The molecule has 11 nitrogen and oxygen atoms in total. The number of unbranched alkanes of at least 4 members (excludes halogenated alkanes) is 3. The average molecular weight is 778 g/mol. The normalized spacial score (nSPS) is 14.5. The first-order valence-electron chi connectivity index (χ1n) is 17.1. The molecule has 52 heavy (non-hydrogen) atoms. The zero-order valence-corrected chi connectivity index (χ0v) is 37.2. The number of nitrogens with one attached hydrogen (secondary N) is 2. The zero-order valence-electron chi connectivity index (χ0n) is 30.2. The number of benzene rings is 2. The van der Waals surface area contributed by atoms with Gasteiger partial charge < -0.3 is 34.6 Å². The Morgan fingerprint density at radius 1 is 1.00 bits per heavy atom. The molecule has 0 bridgehead atoms. The van der Waals surface area contributed by atoms with Gasteiger partial charge in [0, 0.05) is 65.6 Å². The van der Waals surface area contributed by atoms with Crippen molar-refractivity contribution in [2.75, 3.05) is 18.0 Å². The van der Waals surface area contributed by atoms with E-state index in [1.54, 1.807) is 24.4 Å². The topological polar surface area (TPSA) is 160 Å². The molecule has 0 radical (unpaired) electrons. The van der Waals surface area contributed by atoms with Crippen LogP contribution < -0.4 is 129 Å². The number of hydrogen-bond acceptors (Lipinski definition) is 8. The Labute approximate surface area is 394 Å². The molecule has 2 amide bonds. The molecule has 264 valence electrons. The van der Waals surface area contributed by atoms with Gasteiger partial charge in [0.15, 0.2) is 0 Å². The van der Waals surface area contributed by atoms with E-state index in [-0.39, 0.29) is 115 Å². The van der Waals surface area contributed by atoms with Gasteiger partial charge >= 0.3 is 103 Å². The maximum atomic E-state index is 13.3. The predicted octanol–water partition coefficient (Wildman–Crippen LogP) is -2.90. The number of para-hydroxylation sites is 1. The van der Waals surface area contributed by atoms with Crippen LogP contribution in [0.5, 0.6) is 0 Å². The maximum Gasteiger partial charge on any atom is 1.00 e. The monoisotopic (exact) mass is 777 g/mol. The molecular formula is C38H42ClK2N5O6. The fourth-order valence-corrected chi connectivity index (χ4v) is 7.02. The predicted molar refractivity (Wildman–Crippen MR) is 188 cm³/mol. The van der Waals surface area contributed by atoms with Crippen LogP contribution in [0.15, 0.2) is 67.0 Å². The number of carbonyl (C=O) groups excluding carboxylic acids is 4. The number of carboxylic acid groups (broad SMARTS) is 2. The number of nitrogens with zero attached hydrogens (tertiary/aromatic N) is 3. The van der Waals surface area contributed by atoms with Crippen LogP contribution in [0.1, 0.15) is 62.5 Å². The number of carbonyl (C=O) groups is 4. The van der Waals surface area contributed by atoms with Gasteiger partial charge in [-0.3, -0.25) is 19.9 Å². The van der Waals surface area contributed by atoms with Crippen molar-refractivity contribution in [2.24, 2.45) is 7.05 Å². The molecule has 2 N–H and O–H groups in total. The van der Waals surface area contributed by atoms with Crippen LogP contribution in [0.25, 0.3) is 22.2 Å². The number of aliphatic carboxylic acids is 2. The molecule has 2 aromatic heterocycles. The third-order valence-corrected chi connectivity index (χ3v) is 9.53. The Hall–Kier alpha value is -1.47. The third kappa shape index (κ3) is 12.0. The van der Waals surface area contributed by atoms with Gasteiger partial charge in [-0.15, -0.1) is 0 Å². The maximum absolute atomic E-state index is 13.3. The summed E-state index contributed by atoms with van der Waals surface area (Å²) in [5.41, 5.74) is 5.77. The molecule has 1 aliphatic heterocycles. The Kier molecular flexibility index (Phi) is 19.2. The number of aromatic nitrogens is 2. The molecule has 14 heteroatoms. The van der Waals surface area contributed by atoms with Gasteiger partial charge in [-0.25, -0.2) is 0 Å². The molecule has 2 aromatic carbocycles. The van der Waals surface area contributed by atoms with Gasteiger partial charge in [0.05, 0.1) is 30.2 Å². The first-order chi connectivity index (χ1) is 24.1. The van der Waals surface area contributed by atoms with Gasteiger partial charge in [0.25, 0.3) is 0 Å². The van der Waals surface area contributed by atoms with Crippen LogP contribution >= 0.6 is 11.6 Å². The van der Waals surface area contributed by atoms with Crippen LogP contribution in [0, 0.1) is 0 Å². The van der Waals surface area contributed by atoms with E-state index < -0.39 is 36.5 Å². The minimum atomic E-state index is -1.41. The number of amides is 2. The number of carboxylic acids is 2. The molecular weight excluding hydrogens is 736 g/mol. The summed E-state index contributed by atoms with van der Waals surface area (Å²) in [5, 5.41) is 31.0. The number of pyridine rings is 1. The number of anilines is 1. The van der Waals surface area contributed by atoms with E-state index in [2.05, 4.69) is 33.3 Å². The molecule has 1 aliphatic rings. The number of fused-ring (bicyclic) bond motifs is 2. The Morgan fingerprint density at radius 2 is 1.79 bits per heavy atom. The summed E-state index contributed by atoms with van der Waals surface area (Å²) >= 11 is 6.36. The smallest absolute Gasteiger partial charge is 0.548 e. The molecule has 2 atom stereocenters. The molecule has 0 fully saturated rings. The summed E-state index contributed by atoms with van der Waals surface area (Å²) in [6.45, 7) is -0.225. The minimum Gasteiger partial charge on any atom is -0.548 e. The summed E-state index contributed by atoms with van der Waals surface area (Å²) in [4.78, 5) is 54.6. The van der Waals surface area contributed by atoms with Gasteiger partial charge in [0.2, 0.25) is 11.8 Å². The van der Waals surface area contributed by atoms with E-state index >= 15 is 0 Å². The second-order valence-electron chi connectivity index (χ2n) is 12.8. The van der Waals surface area contributed by atoms with Gasteiger partial charge in [0.1, 0.15) is 0 Å². The van der Waals surface area contributed by atoms with E-state index in [1.807, 2.05) is 36.5 Å². The Morgan fingerprint density at radius 3 is 2.52 bits per heavy atom. The third-order valence-electron chi connectivity index (χ3n) is 9.30. The van der Waals surface area contributed by atoms with Crippen molar-refractivity contribution in [3.8, 4) is 11.3 Å². The van der Waals surface area contributed by atoms with Gasteiger partial charge in [-0.1, -0.05) is 36.2 Å². The van der Waals surface area contributed by atoms with Crippen LogP contribution in [0.3, 0.4) is 0 Å². The molecule has 0 saturated heterocycles. The number of aryl methyl sites for hydroxylation is 3. The first-order valence-corrected chi connectivity index (χ1v) is 17.5. The SMILES string of the molecule is Cn1c(-c2cccnc2)c(CCCCCC(=O)NCCCC[C@H](N[C@@H]2CCc3ccccc3N(CC(=O)[O-])C2=O)C(=O)[O-])c2cc(Cl)ccc21.[K+].[K+]. The zero-order chi connectivity index (χ0) is 35.6. The van der Waals surface area contributed by atoms with Crippen molar-refractivity contribution >= 4 is 51.9 Å². The van der Waals surface area contributed by atoms with Crippen LogP contribution in [-0.4, -0.2) is 58.5 Å². The molecule has 0 unspecified atom stereocenters. The standard InChI is InChI=1S/C38H44ClN5O6.2K/c1-43-33-19-17-27(39)22-29(33)28(36(43)26-11-9-20-40-23-26)12-3-2-4-15-34(45)41-21-8-7-13-31(38(49)50)42-30-18-16-25-10-5-6-14-32(25)44(37(30)48)24-35(46)47;;/h5-6,9-11,14,17,19-20,22-23,30-31,42H,2-4,7-8,12-13,15-16,18,21,24H2,1H3,(H,41,45)(H,46,47)(H,49,50);;/q;2*+1/p-2/t30-,31+;;/m1../s1. The quantitative estimate of drug-likeness (QED) is 0.0854. The second kappa shape index (κ2) is 22.2. The molecule has 0 aliphatic carbocycles. The van der Waals surface area contributed by atoms with E-state index in [1.165, 1.54) is 5.56 Å². The molecule has 5 rings (SSSR count). The van der Waals surface area contributed by atoms with E-state index in [0.29, 0.717) is 49.4 Å². The molecule has 0 spiro atoms. The minimum absolute atomic E-state index is 0. The van der Waals surface area contributed by atoms with Crippen LogP contribution in [-0.2, 0) is 39.1 Å².